The Morgan fingerprint density at radius 3 is 2.31 bits per heavy atom. The summed E-state index contributed by atoms with van der Waals surface area (Å²) in [5.41, 5.74) is 3.44. The molecule has 6 nitrogen and oxygen atoms in total. The van der Waals surface area contributed by atoms with Gasteiger partial charge in [-0.15, -0.1) is 0 Å². The Hall–Kier alpha value is -3.22. The molecule has 0 fully saturated rings. The molecule has 0 aliphatic heterocycles. The standard InChI is InChI=1S/C22H20ClN3O3/c1-15-7-9-17(10-8-15)22(16-5-3-2-4-6-16)24-14-21(27)25-20-12-11-18(26(28)29)13-19(20)23/h2-13,22,24H,14H2,1H3,(H,25,27)/t22-/m0/s1. The second kappa shape index (κ2) is 9.32. The molecule has 0 saturated carbocycles. The first-order valence-corrected chi connectivity index (χ1v) is 9.40. The fourth-order valence-electron chi connectivity index (χ4n) is 2.94. The SMILES string of the molecule is Cc1ccc([C@@H](NCC(=O)Nc2ccc([N+](=O)[O-])cc2Cl)c2ccccc2)cc1. The Labute approximate surface area is 173 Å². The lowest BCUT2D eigenvalue weighted by Crippen LogP contribution is -2.32. The number of carbonyl (C=O) groups is 1. The number of hydrogen-bond acceptors (Lipinski definition) is 4. The van der Waals surface area contributed by atoms with Gasteiger partial charge in [0.05, 0.1) is 28.2 Å². The number of carbonyl (C=O) groups excluding carboxylic acids is 1. The van der Waals surface area contributed by atoms with Crippen molar-refractivity contribution in [3.05, 3.63) is 105 Å². The van der Waals surface area contributed by atoms with Crippen LogP contribution in [0.1, 0.15) is 22.7 Å². The molecule has 0 aliphatic carbocycles. The van der Waals surface area contributed by atoms with Gasteiger partial charge in [-0.1, -0.05) is 71.8 Å². The highest BCUT2D eigenvalue weighted by Crippen LogP contribution is 2.27. The van der Waals surface area contributed by atoms with E-state index in [1.165, 1.54) is 18.2 Å². The van der Waals surface area contributed by atoms with E-state index in [1.807, 2.05) is 61.5 Å². The monoisotopic (exact) mass is 409 g/mol. The summed E-state index contributed by atoms with van der Waals surface area (Å²) < 4.78 is 0. The molecule has 7 heteroatoms. The number of hydrogen-bond donors (Lipinski definition) is 2. The van der Waals surface area contributed by atoms with E-state index < -0.39 is 4.92 Å². The number of halogens is 1. The lowest BCUT2D eigenvalue weighted by Gasteiger charge is -2.20. The van der Waals surface area contributed by atoms with Crippen molar-refractivity contribution in [2.45, 2.75) is 13.0 Å². The summed E-state index contributed by atoms with van der Waals surface area (Å²) in [6.07, 6.45) is 0. The maximum absolute atomic E-state index is 12.4. The molecular weight excluding hydrogens is 390 g/mol. The molecule has 3 rings (SSSR count). The lowest BCUT2D eigenvalue weighted by atomic mass is 9.98. The third-order valence-electron chi connectivity index (χ3n) is 4.45. The molecule has 0 heterocycles. The van der Waals surface area contributed by atoms with Gasteiger partial charge in [-0.3, -0.25) is 20.2 Å². The zero-order valence-corrected chi connectivity index (χ0v) is 16.5. The second-order valence-corrected chi connectivity index (χ2v) is 7.01. The van der Waals surface area contributed by atoms with Crippen molar-refractivity contribution >= 4 is 28.9 Å². The Balaban J connectivity index is 1.71. The van der Waals surface area contributed by atoms with E-state index in [-0.39, 0.29) is 29.2 Å². The van der Waals surface area contributed by atoms with Gasteiger partial charge in [0.1, 0.15) is 0 Å². The zero-order valence-electron chi connectivity index (χ0n) is 15.8. The zero-order chi connectivity index (χ0) is 20.8. The van der Waals surface area contributed by atoms with E-state index in [4.69, 9.17) is 11.6 Å². The minimum absolute atomic E-state index is 0.0424. The Morgan fingerprint density at radius 1 is 1.03 bits per heavy atom. The van der Waals surface area contributed by atoms with Gasteiger partial charge in [-0.2, -0.15) is 0 Å². The van der Waals surface area contributed by atoms with Gasteiger partial charge in [0.25, 0.3) is 5.69 Å². The first kappa shape index (κ1) is 20.5. The van der Waals surface area contributed by atoms with Crippen LogP contribution in [-0.4, -0.2) is 17.4 Å². The lowest BCUT2D eigenvalue weighted by molar-refractivity contribution is -0.384. The topological polar surface area (TPSA) is 84.3 Å². The Bertz CT molecular complexity index is 1010. The molecule has 0 radical (unpaired) electrons. The molecule has 0 aliphatic rings. The van der Waals surface area contributed by atoms with E-state index in [1.54, 1.807) is 0 Å². The number of nitrogens with zero attached hydrogens (tertiary/aromatic N) is 1. The van der Waals surface area contributed by atoms with Crippen LogP contribution in [0, 0.1) is 17.0 Å². The first-order valence-electron chi connectivity index (χ1n) is 9.03. The minimum atomic E-state index is -0.537. The molecular formula is C22H20ClN3O3. The van der Waals surface area contributed by atoms with E-state index in [0.29, 0.717) is 5.69 Å². The number of non-ortho nitro benzene ring substituents is 1. The molecule has 0 aromatic heterocycles. The third kappa shape index (κ3) is 5.40. The minimum Gasteiger partial charge on any atom is -0.324 e. The van der Waals surface area contributed by atoms with Gasteiger partial charge in [-0.05, 0) is 24.1 Å². The average molecular weight is 410 g/mol. The summed E-state index contributed by atoms with van der Waals surface area (Å²) in [5.74, 6) is -0.297. The summed E-state index contributed by atoms with van der Waals surface area (Å²) in [4.78, 5) is 22.7. The van der Waals surface area contributed by atoms with Gasteiger partial charge in [0.15, 0.2) is 0 Å². The molecule has 3 aromatic carbocycles. The smallest absolute Gasteiger partial charge is 0.271 e. The quantitative estimate of drug-likeness (QED) is 0.430. The van der Waals surface area contributed by atoms with Crippen molar-refractivity contribution in [1.82, 2.24) is 5.32 Å². The highest BCUT2D eigenvalue weighted by Gasteiger charge is 2.16. The number of benzene rings is 3. The predicted molar refractivity (Wildman–Crippen MR) is 114 cm³/mol. The largest absolute Gasteiger partial charge is 0.324 e. The normalized spacial score (nSPS) is 11.7. The maximum Gasteiger partial charge on any atom is 0.271 e. The molecule has 0 spiro atoms. The van der Waals surface area contributed by atoms with Crippen molar-refractivity contribution < 1.29 is 9.72 Å². The van der Waals surface area contributed by atoms with Crippen LogP contribution >= 0.6 is 11.6 Å². The van der Waals surface area contributed by atoms with Crippen molar-refractivity contribution in [2.24, 2.45) is 0 Å². The van der Waals surface area contributed by atoms with Gasteiger partial charge in [0.2, 0.25) is 5.91 Å². The van der Waals surface area contributed by atoms with Crippen LogP contribution in [0.5, 0.6) is 0 Å². The van der Waals surface area contributed by atoms with Crippen LogP contribution < -0.4 is 10.6 Å². The van der Waals surface area contributed by atoms with Crippen LogP contribution in [0.25, 0.3) is 0 Å². The second-order valence-electron chi connectivity index (χ2n) is 6.60. The summed E-state index contributed by atoms with van der Waals surface area (Å²) in [6.45, 7) is 2.07. The first-order chi connectivity index (χ1) is 13.9. The molecule has 3 aromatic rings. The fraction of sp³-hybridized carbons (Fsp3) is 0.136. The average Bonchev–Trinajstić information content (AvgIpc) is 2.71. The van der Waals surface area contributed by atoms with Crippen molar-refractivity contribution in [2.75, 3.05) is 11.9 Å². The molecule has 0 unspecified atom stereocenters. The summed E-state index contributed by atoms with van der Waals surface area (Å²) in [7, 11) is 0. The van der Waals surface area contributed by atoms with E-state index in [0.717, 1.165) is 16.7 Å². The highest BCUT2D eigenvalue weighted by molar-refractivity contribution is 6.34. The maximum atomic E-state index is 12.4. The summed E-state index contributed by atoms with van der Waals surface area (Å²) >= 11 is 6.05. The number of nitro benzene ring substituents is 1. The van der Waals surface area contributed by atoms with Crippen molar-refractivity contribution in [1.29, 1.82) is 0 Å². The highest BCUT2D eigenvalue weighted by atomic mass is 35.5. The summed E-state index contributed by atoms with van der Waals surface area (Å²) in [6, 6.07) is 21.8. The van der Waals surface area contributed by atoms with Crippen molar-refractivity contribution in [3.63, 3.8) is 0 Å². The van der Waals surface area contributed by atoms with E-state index >= 15 is 0 Å². The molecule has 1 amide bonds. The van der Waals surface area contributed by atoms with Crippen LogP contribution in [0.3, 0.4) is 0 Å². The molecule has 1 atom stereocenters. The molecule has 0 bridgehead atoms. The number of rotatable bonds is 7. The van der Waals surface area contributed by atoms with E-state index in [9.17, 15) is 14.9 Å². The van der Waals surface area contributed by atoms with Crippen LogP contribution in [0.2, 0.25) is 5.02 Å². The van der Waals surface area contributed by atoms with Crippen LogP contribution in [0.15, 0.2) is 72.8 Å². The third-order valence-corrected chi connectivity index (χ3v) is 4.76. The van der Waals surface area contributed by atoms with Crippen LogP contribution in [-0.2, 0) is 4.79 Å². The number of nitro groups is 1. The molecule has 2 N–H and O–H groups in total. The molecule has 0 saturated heterocycles. The van der Waals surface area contributed by atoms with Crippen molar-refractivity contribution in [3.8, 4) is 0 Å². The van der Waals surface area contributed by atoms with E-state index in [2.05, 4.69) is 10.6 Å². The Morgan fingerprint density at radius 2 is 1.69 bits per heavy atom. The summed E-state index contributed by atoms with van der Waals surface area (Å²) in [5, 5.41) is 16.9. The van der Waals surface area contributed by atoms with Gasteiger partial charge < -0.3 is 5.32 Å². The van der Waals surface area contributed by atoms with Gasteiger partial charge >= 0.3 is 0 Å². The fourth-order valence-corrected chi connectivity index (χ4v) is 3.16. The van der Waals surface area contributed by atoms with Crippen LogP contribution in [0.4, 0.5) is 11.4 Å². The Kier molecular flexibility index (Phi) is 6.59. The number of amides is 1. The number of nitrogens with one attached hydrogen (secondary N) is 2. The van der Waals surface area contributed by atoms with Gasteiger partial charge in [0, 0.05) is 12.1 Å². The molecule has 29 heavy (non-hydrogen) atoms. The van der Waals surface area contributed by atoms with Gasteiger partial charge in [-0.25, -0.2) is 0 Å². The molecule has 148 valence electrons. The number of anilines is 1. The number of aryl methyl sites for hydroxylation is 1. The predicted octanol–water partition coefficient (Wildman–Crippen LogP) is 4.87.